The fourth-order valence-electron chi connectivity index (χ4n) is 1.44. The van der Waals surface area contributed by atoms with Gasteiger partial charge in [-0.05, 0) is 6.92 Å². The zero-order chi connectivity index (χ0) is 12.1. The molecule has 6 heteroatoms. The lowest BCUT2D eigenvalue weighted by Crippen LogP contribution is -2.16. The van der Waals surface area contributed by atoms with Crippen LogP contribution in [0.3, 0.4) is 0 Å². The second-order valence-corrected chi connectivity index (χ2v) is 3.67. The Hall–Kier alpha value is -1.95. The first-order valence-electron chi connectivity index (χ1n) is 5.43. The summed E-state index contributed by atoms with van der Waals surface area (Å²) in [6, 6.07) is 0. The molecule has 0 unspecified atom stereocenters. The first-order chi connectivity index (χ1) is 8.28. The van der Waals surface area contributed by atoms with Gasteiger partial charge in [0.1, 0.15) is 0 Å². The fraction of sp³-hybridized carbons (Fsp3) is 0.364. The van der Waals surface area contributed by atoms with Crippen molar-refractivity contribution in [2.45, 2.75) is 19.9 Å². The maximum atomic E-state index is 5.01. The van der Waals surface area contributed by atoms with E-state index in [1.165, 1.54) is 0 Å². The zero-order valence-corrected chi connectivity index (χ0v) is 9.76. The molecule has 2 aromatic heterocycles. The fourth-order valence-corrected chi connectivity index (χ4v) is 1.44. The molecule has 2 heterocycles. The van der Waals surface area contributed by atoms with E-state index in [1.807, 2.05) is 19.3 Å². The van der Waals surface area contributed by atoms with Gasteiger partial charge in [0, 0.05) is 37.5 Å². The molecule has 0 aliphatic carbocycles. The van der Waals surface area contributed by atoms with Gasteiger partial charge in [0.2, 0.25) is 5.89 Å². The summed E-state index contributed by atoms with van der Waals surface area (Å²) in [6.45, 7) is 7.00. The van der Waals surface area contributed by atoms with Crippen molar-refractivity contribution in [1.82, 2.24) is 25.2 Å². The molecule has 0 aliphatic heterocycles. The lowest BCUT2D eigenvalue weighted by molar-refractivity contribution is 0.372. The van der Waals surface area contributed by atoms with Crippen molar-refractivity contribution in [2.24, 2.45) is 0 Å². The van der Waals surface area contributed by atoms with Crippen molar-refractivity contribution in [2.75, 3.05) is 6.54 Å². The monoisotopic (exact) mass is 233 g/mol. The summed E-state index contributed by atoms with van der Waals surface area (Å²) in [5.74, 6) is 1.34. The van der Waals surface area contributed by atoms with Crippen molar-refractivity contribution in [3.05, 3.63) is 36.3 Å². The Kier molecular flexibility index (Phi) is 3.66. The number of aromatic nitrogens is 4. The van der Waals surface area contributed by atoms with Gasteiger partial charge in [-0.2, -0.15) is 10.1 Å². The van der Waals surface area contributed by atoms with E-state index in [-0.39, 0.29) is 0 Å². The van der Waals surface area contributed by atoms with Crippen molar-refractivity contribution >= 4 is 6.20 Å². The van der Waals surface area contributed by atoms with Crippen molar-refractivity contribution in [3.63, 3.8) is 0 Å². The van der Waals surface area contributed by atoms with Gasteiger partial charge < -0.3 is 9.84 Å². The Labute approximate surface area is 99.3 Å². The van der Waals surface area contributed by atoms with Crippen LogP contribution in [0.1, 0.15) is 17.3 Å². The van der Waals surface area contributed by atoms with Crippen LogP contribution in [0.4, 0.5) is 0 Å². The molecular formula is C11H15N5O. The molecule has 17 heavy (non-hydrogen) atoms. The topological polar surface area (TPSA) is 68.8 Å². The molecule has 0 fully saturated rings. The summed E-state index contributed by atoms with van der Waals surface area (Å²) in [6.07, 6.45) is 6.13. The summed E-state index contributed by atoms with van der Waals surface area (Å²) in [5.41, 5.74) is 1.12. The van der Waals surface area contributed by atoms with Crippen molar-refractivity contribution in [1.29, 1.82) is 0 Å². The largest absolute Gasteiger partial charge is 0.339 e. The van der Waals surface area contributed by atoms with Crippen LogP contribution >= 0.6 is 0 Å². The Balaban J connectivity index is 1.71. The summed E-state index contributed by atoms with van der Waals surface area (Å²) in [4.78, 5) is 4.13. The molecule has 1 N–H and O–H groups in total. The number of nitrogens with zero attached hydrogens (tertiary/aromatic N) is 4. The van der Waals surface area contributed by atoms with Gasteiger partial charge in [0.15, 0.2) is 5.82 Å². The normalized spacial score (nSPS) is 10.6. The quantitative estimate of drug-likeness (QED) is 0.754. The maximum absolute atomic E-state index is 5.01. The minimum atomic E-state index is 0.664. The van der Waals surface area contributed by atoms with E-state index in [0.717, 1.165) is 25.1 Å². The van der Waals surface area contributed by atoms with Gasteiger partial charge in [-0.25, -0.2) is 4.68 Å². The molecule has 0 bridgehead atoms. The van der Waals surface area contributed by atoms with E-state index in [4.69, 9.17) is 4.52 Å². The lowest BCUT2D eigenvalue weighted by atomic mass is 10.3. The van der Waals surface area contributed by atoms with Gasteiger partial charge in [0.25, 0.3) is 0 Å². The molecular weight excluding hydrogens is 218 g/mol. The first-order valence-corrected chi connectivity index (χ1v) is 5.43. The predicted molar refractivity (Wildman–Crippen MR) is 63.1 cm³/mol. The van der Waals surface area contributed by atoms with E-state index < -0.39 is 0 Å². The predicted octanol–water partition coefficient (Wildman–Crippen LogP) is 1.01. The Morgan fingerprint density at radius 1 is 1.59 bits per heavy atom. The van der Waals surface area contributed by atoms with Crippen LogP contribution < -0.4 is 5.32 Å². The van der Waals surface area contributed by atoms with Crippen LogP contribution in [-0.4, -0.2) is 26.5 Å². The standard InChI is InChI=1S/C11H15N5O/c1-3-16-8-10(7-13-16)6-12-5-4-11-14-9(2)15-17-11/h3,7-8,12H,1,4-6H2,2H3. The highest BCUT2D eigenvalue weighted by atomic mass is 16.5. The Morgan fingerprint density at radius 2 is 2.47 bits per heavy atom. The average molecular weight is 233 g/mol. The number of hydrogen-bond acceptors (Lipinski definition) is 5. The minimum absolute atomic E-state index is 0.664. The Bertz CT molecular complexity index is 488. The van der Waals surface area contributed by atoms with Crippen LogP contribution in [0.5, 0.6) is 0 Å². The number of hydrogen-bond donors (Lipinski definition) is 1. The Morgan fingerprint density at radius 3 is 3.12 bits per heavy atom. The molecule has 0 saturated heterocycles. The number of rotatable bonds is 6. The highest BCUT2D eigenvalue weighted by molar-refractivity contribution is 5.17. The van der Waals surface area contributed by atoms with Crippen LogP contribution in [0.25, 0.3) is 6.20 Å². The van der Waals surface area contributed by atoms with Gasteiger partial charge >= 0.3 is 0 Å². The van der Waals surface area contributed by atoms with Crippen molar-refractivity contribution < 1.29 is 4.52 Å². The van der Waals surface area contributed by atoms with Crippen LogP contribution in [0, 0.1) is 6.92 Å². The molecule has 2 rings (SSSR count). The SMILES string of the molecule is C=Cn1cc(CNCCc2nc(C)no2)cn1. The summed E-state index contributed by atoms with van der Waals surface area (Å²) < 4.78 is 6.69. The van der Waals surface area contributed by atoms with Crippen LogP contribution in [0.2, 0.25) is 0 Å². The highest BCUT2D eigenvalue weighted by Gasteiger charge is 2.02. The third kappa shape index (κ3) is 3.25. The second-order valence-electron chi connectivity index (χ2n) is 3.67. The average Bonchev–Trinajstić information content (AvgIpc) is 2.93. The third-order valence-corrected chi connectivity index (χ3v) is 2.26. The second kappa shape index (κ2) is 5.40. The molecule has 2 aromatic rings. The van der Waals surface area contributed by atoms with Crippen LogP contribution in [0.15, 0.2) is 23.5 Å². The van der Waals surface area contributed by atoms with Gasteiger partial charge in [-0.1, -0.05) is 11.7 Å². The summed E-state index contributed by atoms with van der Waals surface area (Å²) in [7, 11) is 0. The third-order valence-electron chi connectivity index (χ3n) is 2.26. The first kappa shape index (κ1) is 11.5. The van der Waals surface area contributed by atoms with E-state index in [9.17, 15) is 0 Å². The zero-order valence-electron chi connectivity index (χ0n) is 9.76. The lowest BCUT2D eigenvalue weighted by Gasteiger charge is -1.99. The molecule has 0 atom stereocenters. The maximum Gasteiger partial charge on any atom is 0.227 e. The molecule has 0 spiro atoms. The number of nitrogens with one attached hydrogen (secondary N) is 1. The summed E-state index contributed by atoms with van der Waals surface area (Å²) in [5, 5.41) is 11.1. The highest BCUT2D eigenvalue weighted by Crippen LogP contribution is 1.98. The van der Waals surface area contributed by atoms with E-state index in [0.29, 0.717) is 11.7 Å². The van der Waals surface area contributed by atoms with E-state index >= 15 is 0 Å². The van der Waals surface area contributed by atoms with E-state index in [1.54, 1.807) is 10.9 Å². The minimum Gasteiger partial charge on any atom is -0.339 e. The molecule has 0 aromatic carbocycles. The smallest absolute Gasteiger partial charge is 0.227 e. The van der Waals surface area contributed by atoms with Crippen LogP contribution in [-0.2, 0) is 13.0 Å². The molecule has 0 saturated carbocycles. The van der Waals surface area contributed by atoms with E-state index in [2.05, 4.69) is 27.1 Å². The molecule has 0 amide bonds. The molecule has 0 aliphatic rings. The van der Waals surface area contributed by atoms with Gasteiger partial charge in [0.05, 0.1) is 6.20 Å². The van der Waals surface area contributed by atoms with Crippen molar-refractivity contribution in [3.8, 4) is 0 Å². The summed E-state index contributed by atoms with van der Waals surface area (Å²) >= 11 is 0. The molecule has 90 valence electrons. The van der Waals surface area contributed by atoms with Gasteiger partial charge in [-0.15, -0.1) is 0 Å². The molecule has 6 nitrogen and oxygen atoms in total. The number of aryl methyl sites for hydroxylation is 1. The van der Waals surface area contributed by atoms with Gasteiger partial charge in [-0.3, -0.25) is 0 Å². The molecule has 0 radical (unpaired) electrons.